The number of aryl methyl sites for hydroxylation is 2. The molecule has 18 heavy (non-hydrogen) atoms. The SMILES string of the molecule is Cc1cccc(C=NNC(=O)c2ccoc2C)c1. The van der Waals surface area contributed by atoms with Crippen molar-refractivity contribution >= 4 is 12.1 Å². The molecule has 0 radical (unpaired) electrons. The molecular weight excluding hydrogens is 228 g/mol. The third kappa shape index (κ3) is 2.85. The quantitative estimate of drug-likeness (QED) is 0.664. The third-order valence-electron chi connectivity index (χ3n) is 2.53. The van der Waals surface area contributed by atoms with E-state index in [1.807, 2.05) is 31.2 Å². The van der Waals surface area contributed by atoms with Crippen molar-refractivity contribution in [3.05, 3.63) is 59.0 Å². The van der Waals surface area contributed by atoms with E-state index in [0.717, 1.165) is 11.1 Å². The van der Waals surface area contributed by atoms with Gasteiger partial charge in [0.15, 0.2) is 0 Å². The van der Waals surface area contributed by atoms with Gasteiger partial charge in [-0.05, 0) is 25.5 Å². The summed E-state index contributed by atoms with van der Waals surface area (Å²) in [7, 11) is 0. The summed E-state index contributed by atoms with van der Waals surface area (Å²) in [5.41, 5.74) is 5.05. The summed E-state index contributed by atoms with van der Waals surface area (Å²) in [6.45, 7) is 3.74. The molecule has 1 N–H and O–H groups in total. The summed E-state index contributed by atoms with van der Waals surface area (Å²) >= 11 is 0. The van der Waals surface area contributed by atoms with Crippen LogP contribution in [0.3, 0.4) is 0 Å². The topological polar surface area (TPSA) is 54.6 Å². The molecule has 4 nitrogen and oxygen atoms in total. The van der Waals surface area contributed by atoms with Gasteiger partial charge in [0.2, 0.25) is 0 Å². The van der Waals surface area contributed by atoms with Crippen molar-refractivity contribution in [3.8, 4) is 0 Å². The van der Waals surface area contributed by atoms with E-state index in [4.69, 9.17) is 4.42 Å². The van der Waals surface area contributed by atoms with Crippen LogP contribution in [0.4, 0.5) is 0 Å². The van der Waals surface area contributed by atoms with Crippen LogP contribution in [-0.4, -0.2) is 12.1 Å². The van der Waals surface area contributed by atoms with Crippen LogP contribution in [0, 0.1) is 13.8 Å². The Labute approximate surface area is 105 Å². The fourth-order valence-electron chi connectivity index (χ4n) is 1.60. The van der Waals surface area contributed by atoms with E-state index in [-0.39, 0.29) is 5.91 Å². The van der Waals surface area contributed by atoms with Crippen molar-refractivity contribution in [1.82, 2.24) is 5.43 Å². The van der Waals surface area contributed by atoms with Crippen LogP contribution in [0.25, 0.3) is 0 Å². The van der Waals surface area contributed by atoms with Gasteiger partial charge in [0, 0.05) is 0 Å². The van der Waals surface area contributed by atoms with E-state index in [1.165, 1.54) is 6.26 Å². The first-order chi connectivity index (χ1) is 8.66. The van der Waals surface area contributed by atoms with Gasteiger partial charge in [-0.3, -0.25) is 4.79 Å². The van der Waals surface area contributed by atoms with Gasteiger partial charge in [-0.2, -0.15) is 5.10 Å². The Hall–Kier alpha value is -2.36. The van der Waals surface area contributed by atoms with Crippen molar-refractivity contribution in [3.63, 3.8) is 0 Å². The van der Waals surface area contributed by atoms with Crippen molar-refractivity contribution < 1.29 is 9.21 Å². The van der Waals surface area contributed by atoms with Crippen molar-refractivity contribution in [2.45, 2.75) is 13.8 Å². The average Bonchev–Trinajstić information content (AvgIpc) is 2.75. The first kappa shape index (κ1) is 12.1. The van der Waals surface area contributed by atoms with Gasteiger partial charge in [0.25, 0.3) is 5.91 Å². The Bertz CT molecular complexity index is 585. The highest BCUT2D eigenvalue weighted by atomic mass is 16.3. The minimum absolute atomic E-state index is 0.273. The van der Waals surface area contributed by atoms with Crippen LogP contribution < -0.4 is 5.43 Å². The van der Waals surface area contributed by atoms with Crippen molar-refractivity contribution in [2.75, 3.05) is 0 Å². The molecule has 1 heterocycles. The first-order valence-corrected chi connectivity index (χ1v) is 5.61. The highest BCUT2D eigenvalue weighted by Gasteiger charge is 2.09. The number of rotatable bonds is 3. The molecule has 0 aliphatic heterocycles. The maximum absolute atomic E-state index is 11.7. The lowest BCUT2D eigenvalue weighted by Crippen LogP contribution is -2.17. The van der Waals surface area contributed by atoms with Crippen LogP contribution in [0.15, 0.2) is 46.1 Å². The average molecular weight is 242 g/mol. The van der Waals surface area contributed by atoms with Gasteiger partial charge >= 0.3 is 0 Å². The summed E-state index contributed by atoms with van der Waals surface area (Å²) in [6.07, 6.45) is 3.09. The summed E-state index contributed by atoms with van der Waals surface area (Å²) < 4.78 is 5.05. The number of hydrogen-bond acceptors (Lipinski definition) is 3. The van der Waals surface area contributed by atoms with E-state index in [2.05, 4.69) is 10.5 Å². The van der Waals surface area contributed by atoms with E-state index in [0.29, 0.717) is 11.3 Å². The monoisotopic (exact) mass is 242 g/mol. The summed E-state index contributed by atoms with van der Waals surface area (Å²) in [5.74, 6) is 0.309. The summed E-state index contributed by atoms with van der Waals surface area (Å²) in [4.78, 5) is 11.7. The molecule has 2 rings (SSSR count). The molecule has 1 aromatic carbocycles. The predicted octanol–water partition coefficient (Wildman–Crippen LogP) is 2.66. The van der Waals surface area contributed by atoms with Crippen molar-refractivity contribution in [2.24, 2.45) is 5.10 Å². The fourth-order valence-corrected chi connectivity index (χ4v) is 1.60. The number of carbonyl (C=O) groups is 1. The normalized spacial score (nSPS) is 10.8. The molecule has 0 saturated carbocycles. The van der Waals surface area contributed by atoms with Gasteiger partial charge < -0.3 is 4.42 Å². The highest BCUT2D eigenvalue weighted by molar-refractivity contribution is 5.95. The lowest BCUT2D eigenvalue weighted by Gasteiger charge is -1.98. The molecule has 1 amide bonds. The number of benzene rings is 1. The largest absolute Gasteiger partial charge is 0.469 e. The molecule has 0 atom stereocenters. The number of hydrazone groups is 1. The second kappa shape index (κ2) is 5.31. The predicted molar refractivity (Wildman–Crippen MR) is 69.7 cm³/mol. The van der Waals surface area contributed by atoms with Crippen LogP contribution in [-0.2, 0) is 0 Å². The minimum Gasteiger partial charge on any atom is -0.469 e. The lowest BCUT2D eigenvalue weighted by molar-refractivity contribution is 0.0953. The van der Waals surface area contributed by atoms with Gasteiger partial charge in [-0.1, -0.05) is 29.8 Å². The number of carbonyl (C=O) groups excluding carboxylic acids is 1. The zero-order chi connectivity index (χ0) is 13.0. The zero-order valence-electron chi connectivity index (χ0n) is 10.3. The van der Waals surface area contributed by atoms with Gasteiger partial charge in [0.1, 0.15) is 5.76 Å². The number of furan rings is 1. The Kier molecular flexibility index (Phi) is 3.57. The molecule has 1 aromatic heterocycles. The Balaban J connectivity index is 2.00. The smallest absolute Gasteiger partial charge is 0.274 e. The standard InChI is InChI=1S/C14H14N2O2/c1-10-4-3-5-12(8-10)9-15-16-14(17)13-6-7-18-11(13)2/h3-9H,1-2H3,(H,16,17). The van der Waals surface area contributed by atoms with E-state index in [1.54, 1.807) is 19.2 Å². The fraction of sp³-hybridized carbons (Fsp3) is 0.143. The van der Waals surface area contributed by atoms with Gasteiger partial charge in [-0.25, -0.2) is 5.43 Å². The Morgan fingerprint density at radius 3 is 2.83 bits per heavy atom. The highest BCUT2D eigenvalue weighted by Crippen LogP contribution is 2.08. The molecule has 0 spiro atoms. The van der Waals surface area contributed by atoms with Crippen LogP contribution in [0.5, 0.6) is 0 Å². The van der Waals surface area contributed by atoms with Gasteiger partial charge in [-0.15, -0.1) is 0 Å². The molecule has 0 saturated heterocycles. The molecule has 0 unspecified atom stereocenters. The second-order valence-electron chi connectivity index (χ2n) is 4.00. The minimum atomic E-state index is -0.273. The maximum Gasteiger partial charge on any atom is 0.274 e. The molecule has 0 aliphatic rings. The molecule has 0 fully saturated rings. The molecular formula is C14H14N2O2. The number of hydrogen-bond donors (Lipinski definition) is 1. The lowest BCUT2D eigenvalue weighted by atomic mass is 10.2. The van der Waals surface area contributed by atoms with E-state index < -0.39 is 0 Å². The molecule has 92 valence electrons. The summed E-state index contributed by atoms with van der Waals surface area (Å²) in [5, 5.41) is 3.91. The first-order valence-electron chi connectivity index (χ1n) is 5.61. The van der Waals surface area contributed by atoms with Crippen LogP contribution in [0.2, 0.25) is 0 Å². The molecule has 4 heteroatoms. The molecule has 0 aliphatic carbocycles. The van der Waals surface area contributed by atoms with E-state index in [9.17, 15) is 4.79 Å². The zero-order valence-corrected chi connectivity index (χ0v) is 10.3. The number of nitrogens with zero attached hydrogens (tertiary/aromatic N) is 1. The van der Waals surface area contributed by atoms with Gasteiger partial charge in [0.05, 0.1) is 18.0 Å². The van der Waals surface area contributed by atoms with Crippen LogP contribution in [0.1, 0.15) is 27.2 Å². The second-order valence-corrected chi connectivity index (χ2v) is 4.00. The maximum atomic E-state index is 11.7. The van der Waals surface area contributed by atoms with E-state index >= 15 is 0 Å². The van der Waals surface area contributed by atoms with Crippen LogP contribution >= 0.6 is 0 Å². The van der Waals surface area contributed by atoms with Crippen molar-refractivity contribution in [1.29, 1.82) is 0 Å². The molecule has 2 aromatic rings. The third-order valence-corrected chi connectivity index (χ3v) is 2.53. The Morgan fingerprint density at radius 1 is 1.33 bits per heavy atom. The number of nitrogens with one attached hydrogen (secondary N) is 1. The number of amides is 1. The molecule has 0 bridgehead atoms. The summed E-state index contributed by atoms with van der Waals surface area (Å²) in [6, 6.07) is 9.47. The Morgan fingerprint density at radius 2 is 2.17 bits per heavy atom.